The summed E-state index contributed by atoms with van der Waals surface area (Å²) in [6, 6.07) is 0.722. The molecule has 0 aromatic rings. The van der Waals surface area contributed by atoms with Crippen LogP contribution >= 0.6 is 11.8 Å². The minimum Gasteiger partial charge on any atom is -0.377 e. The number of thioether (sulfide) groups is 1. The predicted molar refractivity (Wildman–Crippen MR) is 71.1 cm³/mol. The molecule has 1 aliphatic heterocycles. The van der Waals surface area contributed by atoms with Gasteiger partial charge in [-0.25, -0.2) is 0 Å². The normalized spacial score (nSPS) is 40.9. The van der Waals surface area contributed by atoms with Crippen molar-refractivity contribution >= 4 is 11.8 Å². The van der Waals surface area contributed by atoms with E-state index in [-0.39, 0.29) is 0 Å². The van der Waals surface area contributed by atoms with Gasteiger partial charge < -0.3 is 10.1 Å². The fraction of sp³-hybridized carbons (Fsp3) is 1.00. The maximum atomic E-state index is 5.67. The van der Waals surface area contributed by atoms with Crippen molar-refractivity contribution in [1.29, 1.82) is 0 Å². The summed E-state index contributed by atoms with van der Waals surface area (Å²) in [5.41, 5.74) is 0. The highest BCUT2D eigenvalue weighted by molar-refractivity contribution is 8.00. The van der Waals surface area contributed by atoms with Crippen molar-refractivity contribution in [3.63, 3.8) is 0 Å². The second-order valence-corrected chi connectivity index (χ2v) is 6.59. The average Bonchev–Trinajstić information content (AvgIpc) is 2.56. The van der Waals surface area contributed by atoms with Crippen LogP contribution in [0.4, 0.5) is 0 Å². The molecule has 1 saturated heterocycles. The van der Waals surface area contributed by atoms with E-state index >= 15 is 0 Å². The molecule has 3 heteroatoms. The van der Waals surface area contributed by atoms with Crippen molar-refractivity contribution in [2.75, 3.05) is 13.7 Å². The van der Waals surface area contributed by atoms with Gasteiger partial charge in [0.15, 0.2) is 0 Å². The van der Waals surface area contributed by atoms with Crippen LogP contribution in [0.3, 0.4) is 0 Å². The van der Waals surface area contributed by atoms with Gasteiger partial charge in [-0.2, -0.15) is 11.8 Å². The Morgan fingerprint density at radius 2 is 1.88 bits per heavy atom. The van der Waals surface area contributed by atoms with E-state index in [2.05, 4.69) is 31.1 Å². The number of ether oxygens (including phenoxy) is 1. The van der Waals surface area contributed by atoms with E-state index in [1.165, 1.54) is 38.5 Å². The smallest absolute Gasteiger partial charge is 0.0666 e. The van der Waals surface area contributed by atoms with Crippen LogP contribution in [0.15, 0.2) is 0 Å². The summed E-state index contributed by atoms with van der Waals surface area (Å²) in [4.78, 5) is 0. The molecular weight excluding hydrogens is 218 g/mol. The molecule has 2 rings (SSSR count). The molecule has 0 bridgehead atoms. The van der Waals surface area contributed by atoms with Gasteiger partial charge in [0, 0.05) is 23.1 Å². The second-order valence-electron chi connectivity index (χ2n) is 5.11. The largest absolute Gasteiger partial charge is 0.377 e. The fourth-order valence-electron chi connectivity index (χ4n) is 2.88. The van der Waals surface area contributed by atoms with Gasteiger partial charge in [-0.05, 0) is 33.2 Å². The standard InChI is InChI=1S/C13H25NOS/c1-10-12(8-9-15-10)16-13-7-5-3-4-6-11(13)14-2/h10-14H,3-9H2,1-2H3. The minimum absolute atomic E-state index is 0.464. The monoisotopic (exact) mass is 243 g/mol. The van der Waals surface area contributed by atoms with Crippen LogP contribution in [0.2, 0.25) is 0 Å². The highest BCUT2D eigenvalue weighted by Crippen LogP contribution is 2.35. The Hall–Kier alpha value is 0.270. The Morgan fingerprint density at radius 3 is 2.56 bits per heavy atom. The molecule has 2 aliphatic rings. The molecule has 0 spiro atoms. The Bertz CT molecular complexity index is 212. The predicted octanol–water partition coefficient (Wildman–Crippen LogP) is 2.82. The van der Waals surface area contributed by atoms with E-state index < -0.39 is 0 Å². The maximum Gasteiger partial charge on any atom is 0.0666 e. The highest BCUT2D eigenvalue weighted by Gasteiger charge is 2.31. The summed E-state index contributed by atoms with van der Waals surface area (Å²) in [5.74, 6) is 0. The molecule has 1 heterocycles. The summed E-state index contributed by atoms with van der Waals surface area (Å²) in [5, 5.41) is 5.06. The minimum atomic E-state index is 0.464. The van der Waals surface area contributed by atoms with Crippen molar-refractivity contribution in [3.05, 3.63) is 0 Å². The quantitative estimate of drug-likeness (QED) is 0.770. The maximum absolute atomic E-state index is 5.67. The Labute approximate surface area is 104 Å². The first-order valence-corrected chi connectivity index (χ1v) is 7.70. The summed E-state index contributed by atoms with van der Waals surface area (Å²) < 4.78 is 5.67. The number of hydrogen-bond donors (Lipinski definition) is 1. The Balaban J connectivity index is 1.89. The SMILES string of the molecule is CNC1CCCCCC1SC1CCOC1C. The lowest BCUT2D eigenvalue weighted by atomic mass is 10.1. The third-order valence-corrected chi connectivity index (χ3v) is 5.86. The van der Waals surface area contributed by atoms with Crippen molar-refractivity contribution in [3.8, 4) is 0 Å². The topological polar surface area (TPSA) is 21.3 Å². The van der Waals surface area contributed by atoms with Gasteiger partial charge in [0.1, 0.15) is 0 Å². The van der Waals surface area contributed by atoms with Crippen molar-refractivity contribution in [1.82, 2.24) is 5.32 Å². The van der Waals surface area contributed by atoms with Crippen molar-refractivity contribution < 1.29 is 4.74 Å². The summed E-state index contributed by atoms with van der Waals surface area (Å²) in [6.07, 6.45) is 8.70. The fourth-order valence-corrected chi connectivity index (χ4v) is 4.63. The molecule has 1 N–H and O–H groups in total. The molecule has 0 amide bonds. The third-order valence-electron chi connectivity index (χ3n) is 3.98. The molecule has 0 radical (unpaired) electrons. The molecular formula is C13H25NOS. The van der Waals surface area contributed by atoms with Crippen molar-refractivity contribution in [2.45, 2.75) is 68.1 Å². The van der Waals surface area contributed by atoms with Crippen molar-refractivity contribution in [2.24, 2.45) is 0 Å². The first kappa shape index (κ1) is 12.7. The molecule has 2 nitrogen and oxygen atoms in total. The molecule has 94 valence electrons. The molecule has 0 aromatic heterocycles. The van der Waals surface area contributed by atoms with Gasteiger partial charge in [-0.3, -0.25) is 0 Å². The highest BCUT2D eigenvalue weighted by atomic mass is 32.2. The van der Waals surface area contributed by atoms with E-state index in [9.17, 15) is 0 Å². The van der Waals surface area contributed by atoms with Gasteiger partial charge in [0.2, 0.25) is 0 Å². The summed E-state index contributed by atoms with van der Waals surface area (Å²) in [7, 11) is 2.12. The third kappa shape index (κ3) is 3.14. The van der Waals surface area contributed by atoms with Crippen LogP contribution in [0.25, 0.3) is 0 Å². The Kier molecular flexibility index (Phi) is 4.98. The van der Waals surface area contributed by atoms with Gasteiger partial charge in [0.25, 0.3) is 0 Å². The van der Waals surface area contributed by atoms with Gasteiger partial charge >= 0.3 is 0 Å². The van der Waals surface area contributed by atoms with E-state index in [1.54, 1.807) is 0 Å². The van der Waals surface area contributed by atoms with Crippen LogP contribution in [0.1, 0.15) is 45.4 Å². The molecule has 2 fully saturated rings. The number of rotatable bonds is 3. The zero-order chi connectivity index (χ0) is 11.4. The van der Waals surface area contributed by atoms with Crippen LogP contribution in [-0.4, -0.2) is 36.3 Å². The van der Waals surface area contributed by atoms with E-state index in [4.69, 9.17) is 4.74 Å². The molecule has 1 aliphatic carbocycles. The molecule has 0 aromatic carbocycles. The van der Waals surface area contributed by atoms with E-state index in [0.717, 1.165) is 23.1 Å². The van der Waals surface area contributed by atoms with Gasteiger partial charge in [-0.15, -0.1) is 0 Å². The summed E-state index contributed by atoms with van der Waals surface area (Å²) in [6.45, 7) is 3.20. The molecule has 1 saturated carbocycles. The van der Waals surface area contributed by atoms with Gasteiger partial charge in [0.05, 0.1) is 6.10 Å². The van der Waals surface area contributed by atoms with Crippen LogP contribution in [-0.2, 0) is 4.74 Å². The van der Waals surface area contributed by atoms with Gasteiger partial charge in [-0.1, -0.05) is 19.3 Å². The Morgan fingerprint density at radius 1 is 1.06 bits per heavy atom. The zero-order valence-corrected chi connectivity index (χ0v) is 11.4. The van der Waals surface area contributed by atoms with Crippen LogP contribution < -0.4 is 5.32 Å². The number of hydrogen-bond acceptors (Lipinski definition) is 3. The first-order valence-electron chi connectivity index (χ1n) is 6.75. The van der Waals surface area contributed by atoms with Crippen LogP contribution in [0, 0.1) is 0 Å². The average molecular weight is 243 g/mol. The molecule has 4 unspecified atom stereocenters. The summed E-state index contributed by atoms with van der Waals surface area (Å²) >= 11 is 2.19. The zero-order valence-electron chi connectivity index (χ0n) is 10.6. The lowest BCUT2D eigenvalue weighted by molar-refractivity contribution is 0.127. The first-order chi connectivity index (χ1) is 7.81. The lowest BCUT2D eigenvalue weighted by Gasteiger charge is -2.27. The van der Waals surface area contributed by atoms with E-state index in [1.807, 2.05) is 0 Å². The second kappa shape index (κ2) is 6.27. The van der Waals surface area contributed by atoms with E-state index in [0.29, 0.717) is 6.10 Å². The van der Waals surface area contributed by atoms with Crippen LogP contribution in [0.5, 0.6) is 0 Å². The molecule has 16 heavy (non-hydrogen) atoms. The number of nitrogens with one attached hydrogen (secondary N) is 1. The molecule has 4 atom stereocenters. The lowest BCUT2D eigenvalue weighted by Crippen LogP contribution is -2.36.